The molecule has 6 heteroatoms. The summed E-state index contributed by atoms with van der Waals surface area (Å²) in [6.45, 7) is 4.27. The quantitative estimate of drug-likeness (QED) is 0.942. The van der Waals surface area contributed by atoms with Gasteiger partial charge in [0.15, 0.2) is 0 Å². The van der Waals surface area contributed by atoms with Crippen molar-refractivity contribution in [2.75, 3.05) is 0 Å². The molecule has 0 bridgehead atoms. The maximum atomic E-state index is 12.5. The first kappa shape index (κ1) is 16.1. The predicted octanol–water partition coefficient (Wildman–Crippen LogP) is 2.71. The van der Waals surface area contributed by atoms with E-state index in [2.05, 4.69) is 5.32 Å². The summed E-state index contributed by atoms with van der Waals surface area (Å²) in [6, 6.07) is 6.71. The Hall–Kier alpha value is -2.32. The highest BCUT2D eigenvalue weighted by molar-refractivity contribution is 6.31. The molecule has 0 aliphatic carbocycles. The highest BCUT2D eigenvalue weighted by Crippen LogP contribution is 2.17. The number of rotatable bonds is 4. The largest absolute Gasteiger partial charge is 0.348 e. The van der Waals surface area contributed by atoms with Crippen LogP contribution in [0.25, 0.3) is 10.9 Å². The van der Waals surface area contributed by atoms with E-state index >= 15 is 0 Å². The minimum Gasteiger partial charge on any atom is -0.348 e. The van der Waals surface area contributed by atoms with Gasteiger partial charge in [-0.15, -0.1) is 0 Å². The summed E-state index contributed by atoms with van der Waals surface area (Å²) in [7, 11) is 0. The SMILES string of the molecule is CCn1cc(C(=O)N[C@H](C)CC#N)c(=O)c2cc(Cl)ccc21. The van der Waals surface area contributed by atoms with Gasteiger partial charge >= 0.3 is 0 Å². The fourth-order valence-corrected chi connectivity index (χ4v) is 2.45. The summed E-state index contributed by atoms with van der Waals surface area (Å²) in [5.74, 6) is -0.475. The second kappa shape index (κ2) is 6.63. The lowest BCUT2D eigenvalue weighted by molar-refractivity contribution is 0.0939. The van der Waals surface area contributed by atoms with Gasteiger partial charge in [-0.3, -0.25) is 9.59 Å². The van der Waals surface area contributed by atoms with E-state index in [1.54, 1.807) is 31.3 Å². The molecule has 0 fully saturated rings. The van der Waals surface area contributed by atoms with Crippen molar-refractivity contribution in [2.24, 2.45) is 0 Å². The molecule has 2 aromatic rings. The molecule has 0 spiro atoms. The number of halogens is 1. The minimum absolute atomic E-state index is 0.0569. The smallest absolute Gasteiger partial charge is 0.257 e. The first-order chi connectivity index (χ1) is 10.5. The van der Waals surface area contributed by atoms with Gasteiger partial charge in [-0.2, -0.15) is 5.26 Å². The molecule has 1 atom stereocenters. The average Bonchev–Trinajstić information content (AvgIpc) is 2.48. The van der Waals surface area contributed by atoms with Crippen LogP contribution in [0.4, 0.5) is 0 Å². The predicted molar refractivity (Wildman–Crippen MR) is 86.1 cm³/mol. The van der Waals surface area contributed by atoms with Crippen LogP contribution in [-0.2, 0) is 6.54 Å². The van der Waals surface area contributed by atoms with Crippen LogP contribution >= 0.6 is 11.6 Å². The number of carbonyl (C=O) groups is 1. The molecule has 5 nitrogen and oxygen atoms in total. The summed E-state index contributed by atoms with van der Waals surface area (Å²) in [5.41, 5.74) is 0.434. The lowest BCUT2D eigenvalue weighted by atomic mass is 10.1. The Bertz CT molecular complexity index is 820. The van der Waals surface area contributed by atoms with E-state index in [0.717, 1.165) is 5.52 Å². The molecular weight excluding hydrogens is 302 g/mol. The molecule has 114 valence electrons. The van der Waals surface area contributed by atoms with Crippen molar-refractivity contribution in [1.82, 2.24) is 9.88 Å². The molecule has 0 aliphatic rings. The Kier molecular flexibility index (Phi) is 4.84. The van der Waals surface area contributed by atoms with E-state index < -0.39 is 5.91 Å². The van der Waals surface area contributed by atoms with Crippen molar-refractivity contribution in [3.63, 3.8) is 0 Å². The Labute approximate surface area is 133 Å². The van der Waals surface area contributed by atoms with Crippen LogP contribution < -0.4 is 10.7 Å². The monoisotopic (exact) mass is 317 g/mol. The van der Waals surface area contributed by atoms with Crippen LogP contribution in [0.3, 0.4) is 0 Å². The van der Waals surface area contributed by atoms with Gasteiger partial charge in [0.2, 0.25) is 5.43 Å². The molecule has 0 unspecified atom stereocenters. The lowest BCUT2D eigenvalue weighted by Gasteiger charge is -2.14. The molecule has 2 rings (SSSR count). The van der Waals surface area contributed by atoms with Crippen LogP contribution in [-0.4, -0.2) is 16.5 Å². The maximum absolute atomic E-state index is 12.5. The van der Waals surface area contributed by atoms with E-state index in [-0.39, 0.29) is 23.5 Å². The summed E-state index contributed by atoms with van der Waals surface area (Å²) < 4.78 is 1.83. The van der Waals surface area contributed by atoms with Crippen molar-refractivity contribution in [2.45, 2.75) is 32.9 Å². The fraction of sp³-hybridized carbons (Fsp3) is 0.312. The van der Waals surface area contributed by atoms with Gasteiger partial charge in [-0.25, -0.2) is 0 Å². The highest BCUT2D eigenvalue weighted by Gasteiger charge is 2.17. The molecule has 1 aromatic heterocycles. The maximum Gasteiger partial charge on any atom is 0.257 e. The number of fused-ring (bicyclic) bond motifs is 1. The third-order valence-corrected chi connectivity index (χ3v) is 3.64. The minimum atomic E-state index is -0.475. The Morgan fingerprint density at radius 2 is 2.23 bits per heavy atom. The van der Waals surface area contributed by atoms with Gasteiger partial charge in [0.1, 0.15) is 5.56 Å². The number of amides is 1. The number of nitriles is 1. The van der Waals surface area contributed by atoms with Crippen molar-refractivity contribution in [1.29, 1.82) is 5.26 Å². The first-order valence-corrected chi connectivity index (χ1v) is 7.36. The second-order valence-corrected chi connectivity index (χ2v) is 5.49. The number of carbonyl (C=O) groups excluding carboxylic acids is 1. The molecular formula is C16H16ClN3O2. The summed E-state index contributed by atoms with van der Waals surface area (Å²) in [5, 5.41) is 12.2. The van der Waals surface area contributed by atoms with E-state index in [0.29, 0.717) is 17.0 Å². The molecule has 1 N–H and O–H groups in total. The molecule has 1 amide bonds. The molecule has 0 radical (unpaired) electrons. The average molecular weight is 318 g/mol. The molecule has 0 saturated heterocycles. The van der Waals surface area contributed by atoms with E-state index in [1.165, 1.54) is 0 Å². The number of hydrogen-bond donors (Lipinski definition) is 1. The number of pyridine rings is 1. The number of hydrogen-bond acceptors (Lipinski definition) is 3. The van der Waals surface area contributed by atoms with Gasteiger partial charge < -0.3 is 9.88 Å². The topological polar surface area (TPSA) is 74.9 Å². The number of nitrogens with zero attached hydrogens (tertiary/aromatic N) is 2. The van der Waals surface area contributed by atoms with Gasteiger partial charge in [-0.1, -0.05) is 11.6 Å². The molecule has 1 aromatic carbocycles. The Balaban J connectivity index is 2.55. The standard InChI is InChI=1S/C16H16ClN3O2/c1-3-20-9-13(16(22)19-10(2)6-7-18)15(21)12-8-11(17)4-5-14(12)20/h4-5,8-10H,3,6H2,1-2H3,(H,19,22)/t10-/m1/s1. The highest BCUT2D eigenvalue weighted by atomic mass is 35.5. The van der Waals surface area contributed by atoms with Crippen molar-refractivity contribution >= 4 is 28.4 Å². The van der Waals surface area contributed by atoms with Crippen LogP contribution in [0.1, 0.15) is 30.6 Å². The molecule has 0 aliphatic heterocycles. The van der Waals surface area contributed by atoms with Crippen LogP contribution in [0.5, 0.6) is 0 Å². The third-order valence-electron chi connectivity index (χ3n) is 3.40. The van der Waals surface area contributed by atoms with E-state index in [9.17, 15) is 9.59 Å². The fourth-order valence-electron chi connectivity index (χ4n) is 2.28. The zero-order chi connectivity index (χ0) is 16.3. The summed E-state index contributed by atoms with van der Waals surface area (Å²) in [4.78, 5) is 24.8. The van der Waals surface area contributed by atoms with Gasteiger partial charge in [0, 0.05) is 29.2 Å². The molecule has 1 heterocycles. The van der Waals surface area contributed by atoms with Gasteiger partial charge in [-0.05, 0) is 32.0 Å². The first-order valence-electron chi connectivity index (χ1n) is 6.98. The Morgan fingerprint density at radius 3 is 2.86 bits per heavy atom. The van der Waals surface area contributed by atoms with Crippen molar-refractivity contribution in [3.05, 3.63) is 45.2 Å². The number of aromatic nitrogens is 1. The summed E-state index contributed by atoms with van der Waals surface area (Å²) >= 11 is 5.96. The van der Waals surface area contributed by atoms with Crippen LogP contribution in [0.2, 0.25) is 5.02 Å². The zero-order valence-corrected chi connectivity index (χ0v) is 13.1. The number of nitrogens with one attached hydrogen (secondary N) is 1. The van der Waals surface area contributed by atoms with Crippen LogP contribution in [0.15, 0.2) is 29.2 Å². The van der Waals surface area contributed by atoms with Crippen molar-refractivity contribution < 1.29 is 4.79 Å². The van der Waals surface area contributed by atoms with E-state index in [4.69, 9.17) is 16.9 Å². The van der Waals surface area contributed by atoms with Crippen LogP contribution in [0, 0.1) is 11.3 Å². The number of benzene rings is 1. The second-order valence-electron chi connectivity index (χ2n) is 5.06. The molecule has 22 heavy (non-hydrogen) atoms. The zero-order valence-electron chi connectivity index (χ0n) is 12.4. The number of aryl methyl sites for hydroxylation is 1. The van der Waals surface area contributed by atoms with E-state index in [1.807, 2.05) is 17.6 Å². The Morgan fingerprint density at radius 1 is 1.50 bits per heavy atom. The molecule has 0 saturated carbocycles. The normalized spacial score (nSPS) is 11.9. The summed E-state index contributed by atoms with van der Waals surface area (Å²) in [6.07, 6.45) is 1.74. The van der Waals surface area contributed by atoms with Gasteiger partial charge in [0.25, 0.3) is 5.91 Å². The lowest BCUT2D eigenvalue weighted by Crippen LogP contribution is -2.35. The van der Waals surface area contributed by atoms with Crippen molar-refractivity contribution in [3.8, 4) is 6.07 Å². The van der Waals surface area contributed by atoms with Gasteiger partial charge in [0.05, 0.1) is 18.0 Å². The third kappa shape index (κ3) is 3.12.